The second-order valence-corrected chi connectivity index (χ2v) is 8.01. The van der Waals surface area contributed by atoms with E-state index in [1.807, 2.05) is 61.5 Å². The second kappa shape index (κ2) is 9.32. The number of rotatable bonds is 8. The minimum atomic E-state index is -0.699. The number of nitrogens with one attached hydrogen (secondary N) is 1. The number of ether oxygens (including phenoxy) is 1. The molecule has 7 nitrogen and oxygen atoms in total. The number of nitrogens with zero attached hydrogens (tertiary/aromatic N) is 2. The lowest BCUT2D eigenvalue weighted by Gasteiger charge is -2.30. The summed E-state index contributed by atoms with van der Waals surface area (Å²) in [5.41, 5.74) is 2.17. The topological polar surface area (TPSA) is 79.0 Å². The van der Waals surface area contributed by atoms with Gasteiger partial charge in [-0.3, -0.25) is 19.3 Å². The summed E-state index contributed by atoms with van der Waals surface area (Å²) in [6.45, 7) is 4.09. The van der Waals surface area contributed by atoms with Crippen molar-refractivity contribution < 1.29 is 19.1 Å². The molecule has 4 rings (SSSR count). The highest BCUT2D eigenvalue weighted by Crippen LogP contribution is 2.37. The fraction of sp³-hybridized carbons (Fsp3) is 0.269. The molecule has 3 amide bonds. The Morgan fingerprint density at radius 2 is 1.76 bits per heavy atom. The molecule has 1 aliphatic heterocycles. The SMILES string of the molecule is CCNC(=O)C(C)N(Cc1ccc(OC)cc1)C(=O)CN1C(=O)c2cccc3cccc1c23. The van der Waals surface area contributed by atoms with Crippen LogP contribution in [0.5, 0.6) is 5.75 Å². The molecule has 0 radical (unpaired) electrons. The third-order valence-corrected chi connectivity index (χ3v) is 5.97. The van der Waals surface area contributed by atoms with Gasteiger partial charge in [-0.05, 0) is 49.1 Å². The summed E-state index contributed by atoms with van der Waals surface area (Å²) in [5, 5.41) is 4.60. The number of carbonyl (C=O) groups is 3. The molecule has 3 aromatic carbocycles. The molecule has 0 bridgehead atoms. The molecule has 0 saturated carbocycles. The van der Waals surface area contributed by atoms with Crippen molar-refractivity contribution >= 4 is 34.2 Å². The van der Waals surface area contributed by atoms with Crippen LogP contribution in [0.15, 0.2) is 60.7 Å². The standard InChI is InChI=1S/C26H27N3O4/c1-4-27-25(31)17(2)28(15-18-11-13-20(33-3)14-12-18)23(30)16-29-22-10-6-8-19-7-5-9-21(24(19)22)26(29)32/h5-14,17H,4,15-16H2,1-3H3,(H,27,31). The Morgan fingerprint density at radius 1 is 1.06 bits per heavy atom. The van der Waals surface area contributed by atoms with Gasteiger partial charge in [0.1, 0.15) is 18.3 Å². The van der Waals surface area contributed by atoms with E-state index in [2.05, 4.69) is 5.32 Å². The summed E-state index contributed by atoms with van der Waals surface area (Å²) in [6, 6.07) is 17.9. The van der Waals surface area contributed by atoms with Crippen molar-refractivity contribution in [3.63, 3.8) is 0 Å². The molecule has 1 unspecified atom stereocenters. The zero-order valence-electron chi connectivity index (χ0n) is 19.0. The highest BCUT2D eigenvalue weighted by atomic mass is 16.5. The number of amides is 3. The van der Waals surface area contributed by atoms with E-state index in [1.165, 1.54) is 9.80 Å². The Bertz CT molecular complexity index is 1200. The molecule has 0 fully saturated rings. The molecule has 1 aliphatic rings. The van der Waals surface area contributed by atoms with Crippen molar-refractivity contribution in [3.8, 4) is 5.75 Å². The number of anilines is 1. The van der Waals surface area contributed by atoms with Gasteiger partial charge in [0.15, 0.2) is 0 Å². The molecule has 3 aromatic rings. The summed E-state index contributed by atoms with van der Waals surface area (Å²) in [4.78, 5) is 42.3. The van der Waals surface area contributed by atoms with Crippen LogP contribution in [0.2, 0.25) is 0 Å². The largest absolute Gasteiger partial charge is 0.497 e. The van der Waals surface area contributed by atoms with Crippen LogP contribution in [0.3, 0.4) is 0 Å². The molecule has 1 atom stereocenters. The van der Waals surface area contributed by atoms with Gasteiger partial charge in [0.25, 0.3) is 5.91 Å². The summed E-state index contributed by atoms with van der Waals surface area (Å²) in [7, 11) is 1.59. The molecule has 0 aliphatic carbocycles. The first-order valence-electron chi connectivity index (χ1n) is 11.0. The zero-order chi connectivity index (χ0) is 23.5. The molecule has 7 heteroatoms. The van der Waals surface area contributed by atoms with Crippen molar-refractivity contribution in [2.45, 2.75) is 26.4 Å². The first-order valence-corrected chi connectivity index (χ1v) is 11.0. The summed E-state index contributed by atoms with van der Waals surface area (Å²) < 4.78 is 5.21. The van der Waals surface area contributed by atoms with Gasteiger partial charge in [0.05, 0.1) is 12.8 Å². The van der Waals surface area contributed by atoms with Gasteiger partial charge in [0, 0.05) is 24.0 Å². The number of hydrogen-bond donors (Lipinski definition) is 1. The second-order valence-electron chi connectivity index (χ2n) is 8.01. The Kier molecular flexibility index (Phi) is 6.31. The van der Waals surface area contributed by atoms with Crippen LogP contribution in [-0.2, 0) is 16.1 Å². The Balaban J connectivity index is 1.61. The predicted molar refractivity (Wildman–Crippen MR) is 127 cm³/mol. The molecular formula is C26H27N3O4. The fourth-order valence-electron chi connectivity index (χ4n) is 4.19. The van der Waals surface area contributed by atoms with Crippen molar-refractivity contribution in [2.24, 2.45) is 0 Å². The van der Waals surface area contributed by atoms with E-state index < -0.39 is 6.04 Å². The van der Waals surface area contributed by atoms with Crippen molar-refractivity contribution in [3.05, 3.63) is 71.8 Å². The number of hydrogen-bond acceptors (Lipinski definition) is 4. The average Bonchev–Trinajstić information content (AvgIpc) is 3.10. The highest BCUT2D eigenvalue weighted by Gasteiger charge is 2.34. The summed E-state index contributed by atoms with van der Waals surface area (Å²) in [5.74, 6) is -0.0349. The lowest BCUT2D eigenvalue weighted by atomic mass is 10.1. The Morgan fingerprint density at radius 3 is 2.42 bits per heavy atom. The van der Waals surface area contributed by atoms with Gasteiger partial charge in [-0.1, -0.05) is 36.4 Å². The minimum Gasteiger partial charge on any atom is -0.497 e. The number of likely N-dealkylation sites (N-methyl/N-ethyl adjacent to an activating group) is 1. The van der Waals surface area contributed by atoms with E-state index >= 15 is 0 Å². The third-order valence-electron chi connectivity index (χ3n) is 5.97. The number of carbonyl (C=O) groups excluding carboxylic acids is 3. The van der Waals surface area contributed by atoms with E-state index in [9.17, 15) is 14.4 Å². The smallest absolute Gasteiger partial charge is 0.259 e. The first-order chi connectivity index (χ1) is 15.9. The summed E-state index contributed by atoms with van der Waals surface area (Å²) >= 11 is 0. The van der Waals surface area contributed by atoms with Gasteiger partial charge in [-0.2, -0.15) is 0 Å². The average molecular weight is 446 g/mol. The van der Waals surface area contributed by atoms with E-state index in [1.54, 1.807) is 20.1 Å². The lowest BCUT2D eigenvalue weighted by molar-refractivity contribution is -0.139. The maximum absolute atomic E-state index is 13.5. The van der Waals surface area contributed by atoms with Gasteiger partial charge < -0.3 is 15.0 Å². The molecule has 33 heavy (non-hydrogen) atoms. The Labute approximate surface area is 192 Å². The molecule has 1 heterocycles. The molecule has 170 valence electrons. The van der Waals surface area contributed by atoms with Gasteiger partial charge in [-0.25, -0.2) is 0 Å². The molecule has 0 spiro atoms. The monoisotopic (exact) mass is 445 g/mol. The third kappa shape index (κ3) is 4.26. The van der Waals surface area contributed by atoms with Gasteiger partial charge in [0.2, 0.25) is 11.8 Å². The van der Waals surface area contributed by atoms with Crippen LogP contribution in [0.4, 0.5) is 5.69 Å². The summed E-state index contributed by atoms with van der Waals surface area (Å²) in [6.07, 6.45) is 0. The van der Waals surface area contributed by atoms with Crippen LogP contribution in [0.1, 0.15) is 29.8 Å². The molecule has 1 N–H and O–H groups in total. The van der Waals surface area contributed by atoms with E-state index in [0.717, 1.165) is 22.0 Å². The normalized spacial score (nSPS) is 13.2. The first kappa shape index (κ1) is 22.3. The molecule has 0 saturated heterocycles. The van der Waals surface area contributed by atoms with E-state index in [4.69, 9.17) is 4.74 Å². The zero-order valence-corrected chi connectivity index (χ0v) is 19.0. The number of benzene rings is 3. The van der Waals surface area contributed by atoms with Gasteiger partial charge in [-0.15, -0.1) is 0 Å². The quantitative estimate of drug-likeness (QED) is 0.577. The van der Waals surface area contributed by atoms with Crippen LogP contribution in [0, 0.1) is 0 Å². The minimum absolute atomic E-state index is 0.146. The fourth-order valence-corrected chi connectivity index (χ4v) is 4.19. The number of methoxy groups -OCH3 is 1. The lowest BCUT2D eigenvalue weighted by Crippen LogP contribution is -2.50. The maximum atomic E-state index is 13.5. The maximum Gasteiger partial charge on any atom is 0.259 e. The molecule has 0 aromatic heterocycles. The van der Waals surface area contributed by atoms with Crippen LogP contribution < -0.4 is 15.0 Å². The predicted octanol–water partition coefficient (Wildman–Crippen LogP) is 3.36. The molecular weight excluding hydrogens is 418 g/mol. The van der Waals surface area contributed by atoms with Crippen molar-refractivity contribution in [1.29, 1.82) is 0 Å². The van der Waals surface area contributed by atoms with Crippen LogP contribution in [-0.4, -0.2) is 48.9 Å². The van der Waals surface area contributed by atoms with Crippen LogP contribution >= 0.6 is 0 Å². The highest BCUT2D eigenvalue weighted by molar-refractivity contribution is 6.26. The van der Waals surface area contributed by atoms with E-state index in [-0.39, 0.29) is 30.8 Å². The van der Waals surface area contributed by atoms with Gasteiger partial charge >= 0.3 is 0 Å². The van der Waals surface area contributed by atoms with Crippen molar-refractivity contribution in [1.82, 2.24) is 10.2 Å². The van der Waals surface area contributed by atoms with Crippen LogP contribution in [0.25, 0.3) is 10.8 Å². The van der Waals surface area contributed by atoms with E-state index in [0.29, 0.717) is 17.9 Å². The Hall–Kier alpha value is -3.87. The van der Waals surface area contributed by atoms with Crippen molar-refractivity contribution in [2.75, 3.05) is 25.1 Å².